The van der Waals surface area contributed by atoms with Crippen LogP contribution in [0, 0.1) is 0 Å². The highest BCUT2D eigenvalue weighted by Crippen LogP contribution is 2.08. The molecule has 0 aromatic heterocycles. The predicted molar refractivity (Wildman–Crippen MR) is 103 cm³/mol. The Balaban J connectivity index is 2.75. The van der Waals surface area contributed by atoms with Gasteiger partial charge in [0.1, 0.15) is 60.5 Å². The van der Waals surface area contributed by atoms with E-state index in [4.69, 9.17) is 10.2 Å². The van der Waals surface area contributed by atoms with Crippen molar-refractivity contribution in [2.45, 2.75) is 48.8 Å². The van der Waals surface area contributed by atoms with Gasteiger partial charge < -0.3 is 61.7 Å². The van der Waals surface area contributed by atoms with E-state index in [0.717, 1.165) is 0 Å². The van der Waals surface area contributed by atoms with Crippen LogP contribution in [-0.4, -0.2) is 151 Å². The smallest absolute Gasteiger partial charge is 0.139 e. The molecule has 30 heavy (non-hydrogen) atoms. The lowest BCUT2D eigenvalue weighted by Crippen LogP contribution is -2.53. The Labute approximate surface area is 172 Å². The second kappa shape index (κ2) is 13.1. The molecule has 1 heterocycles. The number of aliphatic imine (C=N–C) groups is 2. The standard InChI is InChI=1S/C16H32N4O10/c21-5-7(23)9(25)11(27)13(29)15-17-1-2-18-16(20-4-3-19-15)14(30)12(28)10(26)8(24)6-22/h7-14,21-30H,1-6H2,(H,17,19)(H,18,20)/t7-,8-,9+,10+,11+,12+,13+,14+/m0/s1. The SMILES string of the molecule is OC[C@H](O)[C@@H](O)[C@@H](O)[C@@H](O)C1=NCCNC([C@H](O)[C@H](O)[C@H](O)[C@@H](O)CO)=NCCN1. The van der Waals surface area contributed by atoms with Crippen LogP contribution in [0.5, 0.6) is 0 Å². The Kier molecular flexibility index (Phi) is 11.6. The molecule has 0 spiro atoms. The summed E-state index contributed by atoms with van der Waals surface area (Å²) in [4.78, 5) is 8.09. The van der Waals surface area contributed by atoms with Crippen molar-refractivity contribution in [3.63, 3.8) is 0 Å². The van der Waals surface area contributed by atoms with Gasteiger partial charge in [0.25, 0.3) is 0 Å². The highest BCUT2D eigenvalue weighted by molar-refractivity contribution is 5.88. The van der Waals surface area contributed by atoms with E-state index in [1.165, 1.54) is 0 Å². The Bertz CT molecular complexity index is 518. The second-order valence-electron chi connectivity index (χ2n) is 6.74. The molecule has 0 saturated heterocycles. The van der Waals surface area contributed by atoms with Gasteiger partial charge in [-0.25, -0.2) is 0 Å². The predicted octanol–water partition coefficient (Wildman–Crippen LogP) is -7.15. The fourth-order valence-corrected chi connectivity index (χ4v) is 2.60. The summed E-state index contributed by atoms with van der Waals surface area (Å²) in [5.41, 5.74) is 0. The maximum atomic E-state index is 10.2. The van der Waals surface area contributed by atoms with Gasteiger partial charge in [-0.3, -0.25) is 9.98 Å². The van der Waals surface area contributed by atoms with Crippen molar-refractivity contribution in [1.29, 1.82) is 0 Å². The van der Waals surface area contributed by atoms with E-state index in [0.29, 0.717) is 0 Å². The van der Waals surface area contributed by atoms with Crippen LogP contribution in [-0.2, 0) is 0 Å². The van der Waals surface area contributed by atoms with Crippen LogP contribution in [0.1, 0.15) is 0 Å². The molecule has 14 nitrogen and oxygen atoms in total. The average Bonchev–Trinajstić information content (AvgIpc) is 2.77. The van der Waals surface area contributed by atoms with Gasteiger partial charge in [-0.05, 0) is 0 Å². The minimum atomic E-state index is -1.83. The van der Waals surface area contributed by atoms with Crippen molar-refractivity contribution in [2.24, 2.45) is 9.98 Å². The van der Waals surface area contributed by atoms with Crippen molar-refractivity contribution in [3.05, 3.63) is 0 Å². The molecule has 1 aliphatic rings. The first-order valence-corrected chi connectivity index (χ1v) is 9.38. The van der Waals surface area contributed by atoms with Crippen LogP contribution < -0.4 is 10.6 Å². The van der Waals surface area contributed by atoms with Gasteiger partial charge in [0.15, 0.2) is 0 Å². The van der Waals surface area contributed by atoms with E-state index < -0.39 is 62.0 Å². The molecule has 0 saturated carbocycles. The summed E-state index contributed by atoms with van der Waals surface area (Å²) in [6, 6.07) is 0. The number of nitrogens with one attached hydrogen (secondary N) is 2. The summed E-state index contributed by atoms with van der Waals surface area (Å²) >= 11 is 0. The Morgan fingerprint density at radius 2 is 0.933 bits per heavy atom. The van der Waals surface area contributed by atoms with E-state index in [2.05, 4.69) is 20.6 Å². The maximum Gasteiger partial charge on any atom is 0.139 e. The molecule has 0 radical (unpaired) electrons. The highest BCUT2D eigenvalue weighted by Gasteiger charge is 2.34. The molecule has 1 aliphatic heterocycles. The topological polar surface area (TPSA) is 251 Å². The summed E-state index contributed by atoms with van der Waals surface area (Å²) < 4.78 is 0. The van der Waals surface area contributed by atoms with Crippen LogP contribution in [0.3, 0.4) is 0 Å². The molecule has 0 fully saturated rings. The molecular weight excluding hydrogens is 408 g/mol. The first kappa shape index (κ1) is 26.6. The molecule has 0 amide bonds. The van der Waals surface area contributed by atoms with E-state index in [-0.39, 0.29) is 37.9 Å². The number of nitrogens with zero attached hydrogens (tertiary/aromatic N) is 2. The van der Waals surface area contributed by atoms with Gasteiger partial charge in [-0.15, -0.1) is 0 Å². The van der Waals surface area contributed by atoms with Gasteiger partial charge in [0.2, 0.25) is 0 Å². The first-order valence-electron chi connectivity index (χ1n) is 9.38. The molecule has 14 heteroatoms. The third-order valence-corrected chi connectivity index (χ3v) is 4.47. The quantitative estimate of drug-likeness (QED) is 0.151. The average molecular weight is 440 g/mol. The molecule has 12 N–H and O–H groups in total. The normalized spacial score (nSPS) is 23.9. The van der Waals surface area contributed by atoms with Crippen LogP contribution in [0.15, 0.2) is 9.98 Å². The van der Waals surface area contributed by atoms with Gasteiger partial charge in [0, 0.05) is 13.1 Å². The molecule has 1 rings (SSSR count). The summed E-state index contributed by atoms with van der Waals surface area (Å²) in [6.45, 7) is -1.54. The number of hydrogen-bond donors (Lipinski definition) is 12. The minimum absolute atomic E-state index is 0.00554. The number of rotatable bonds is 10. The number of aliphatic hydroxyl groups is 10. The zero-order chi connectivity index (χ0) is 22.8. The molecule has 0 aromatic rings. The van der Waals surface area contributed by atoms with Crippen molar-refractivity contribution >= 4 is 11.7 Å². The van der Waals surface area contributed by atoms with Crippen molar-refractivity contribution in [1.82, 2.24) is 10.6 Å². The van der Waals surface area contributed by atoms with Crippen LogP contribution in [0.2, 0.25) is 0 Å². The van der Waals surface area contributed by atoms with E-state index >= 15 is 0 Å². The van der Waals surface area contributed by atoms with E-state index in [1.807, 2.05) is 0 Å². The van der Waals surface area contributed by atoms with Crippen LogP contribution >= 0.6 is 0 Å². The zero-order valence-corrected chi connectivity index (χ0v) is 16.2. The summed E-state index contributed by atoms with van der Waals surface area (Å²) in [6.07, 6.45) is -14.0. The van der Waals surface area contributed by atoms with Crippen LogP contribution in [0.25, 0.3) is 0 Å². The van der Waals surface area contributed by atoms with Gasteiger partial charge in [-0.1, -0.05) is 0 Å². The molecule has 0 aromatic carbocycles. The van der Waals surface area contributed by atoms with E-state index in [9.17, 15) is 40.9 Å². The highest BCUT2D eigenvalue weighted by atomic mass is 16.4. The first-order chi connectivity index (χ1) is 14.1. The molecular formula is C16H32N4O10. The molecule has 8 atom stereocenters. The fraction of sp³-hybridized carbons (Fsp3) is 0.875. The summed E-state index contributed by atoms with van der Waals surface area (Å²) in [5, 5.41) is 102. The molecule has 0 bridgehead atoms. The molecule has 176 valence electrons. The lowest BCUT2D eigenvalue weighted by molar-refractivity contribution is -0.101. The molecule has 0 unspecified atom stereocenters. The van der Waals surface area contributed by atoms with Gasteiger partial charge in [0.05, 0.1) is 26.3 Å². The summed E-state index contributed by atoms with van der Waals surface area (Å²) in [5.74, 6) is -0.177. The number of hydrogen-bond acceptors (Lipinski definition) is 14. The largest absolute Gasteiger partial charge is 0.394 e. The number of aliphatic hydroxyl groups excluding tert-OH is 10. The summed E-state index contributed by atoms with van der Waals surface area (Å²) in [7, 11) is 0. The third kappa shape index (κ3) is 7.35. The van der Waals surface area contributed by atoms with Crippen LogP contribution in [0.4, 0.5) is 0 Å². The minimum Gasteiger partial charge on any atom is -0.394 e. The Hall–Kier alpha value is -1.46. The lowest BCUT2D eigenvalue weighted by atomic mass is 10.0. The fourth-order valence-electron chi connectivity index (χ4n) is 2.60. The monoisotopic (exact) mass is 440 g/mol. The van der Waals surface area contributed by atoms with E-state index in [1.54, 1.807) is 0 Å². The van der Waals surface area contributed by atoms with Crippen molar-refractivity contribution in [3.8, 4) is 0 Å². The van der Waals surface area contributed by atoms with Gasteiger partial charge in [-0.2, -0.15) is 0 Å². The lowest BCUT2D eigenvalue weighted by Gasteiger charge is -2.28. The van der Waals surface area contributed by atoms with Crippen molar-refractivity contribution in [2.75, 3.05) is 39.4 Å². The second-order valence-corrected chi connectivity index (χ2v) is 6.74. The Morgan fingerprint density at radius 3 is 1.23 bits per heavy atom. The maximum absolute atomic E-state index is 10.2. The third-order valence-electron chi connectivity index (χ3n) is 4.47. The Morgan fingerprint density at radius 1 is 0.600 bits per heavy atom. The zero-order valence-electron chi connectivity index (χ0n) is 16.2. The van der Waals surface area contributed by atoms with Gasteiger partial charge >= 0.3 is 0 Å². The van der Waals surface area contributed by atoms with Crippen molar-refractivity contribution < 1.29 is 51.1 Å². The number of amidine groups is 2. The molecule has 0 aliphatic carbocycles.